The number of ketones is 1. The Balaban J connectivity index is 0. The first-order chi connectivity index (χ1) is 24.7. The number of hydrogen-bond donors (Lipinski definition) is 4. The molecule has 310 valence electrons. The quantitative estimate of drug-likeness (QED) is 0.226. The fraction of sp³-hybridized carbons (Fsp3) is 0.714. The molecule has 12 heteroatoms. The molecule has 54 heavy (non-hydrogen) atoms. The smallest absolute Gasteiger partial charge is 0.315 e. The second-order valence-corrected chi connectivity index (χ2v) is 17.4. The second-order valence-electron chi connectivity index (χ2n) is 17.4. The van der Waals surface area contributed by atoms with Gasteiger partial charge in [-0.1, -0.05) is 139 Å². The Morgan fingerprint density at radius 1 is 0.907 bits per heavy atom. The largest absolute Gasteiger partial charge is 0.363 e. The number of amides is 6. The molecule has 3 rings (SSSR count). The Bertz CT molecular complexity index is 1300. The van der Waals surface area contributed by atoms with E-state index in [9.17, 15) is 28.8 Å². The van der Waals surface area contributed by atoms with E-state index in [1.807, 2.05) is 65.0 Å². The summed E-state index contributed by atoms with van der Waals surface area (Å²) in [5, 5.41) is 7.58. The Labute approximate surface area is 327 Å². The summed E-state index contributed by atoms with van der Waals surface area (Å²) >= 11 is 0. The summed E-state index contributed by atoms with van der Waals surface area (Å²) in [7, 11) is 3.25. The fourth-order valence-corrected chi connectivity index (χ4v) is 4.97. The lowest BCUT2D eigenvalue weighted by molar-refractivity contribution is -0.143. The van der Waals surface area contributed by atoms with Crippen LogP contribution in [0.1, 0.15) is 128 Å². The summed E-state index contributed by atoms with van der Waals surface area (Å²) in [4.78, 5) is 74.9. The lowest BCUT2D eigenvalue weighted by Crippen LogP contribution is -2.60. The Kier molecular flexibility index (Phi) is 24.3. The Morgan fingerprint density at radius 2 is 1.37 bits per heavy atom. The first-order valence-electron chi connectivity index (χ1n) is 19.4. The summed E-state index contributed by atoms with van der Waals surface area (Å²) in [5.74, 6) is -1.97. The topological polar surface area (TPSA) is 171 Å². The maximum atomic E-state index is 13.3. The number of urea groups is 1. The Hall–Kier alpha value is -3.96. The molecule has 2 aliphatic rings. The number of carbonyl (C=O) groups excluding carboxylic acids is 6. The zero-order chi connectivity index (χ0) is 42.6. The van der Waals surface area contributed by atoms with Crippen molar-refractivity contribution in [1.29, 1.82) is 0 Å². The molecule has 3 unspecified atom stereocenters. The average Bonchev–Trinajstić information content (AvgIpc) is 3.35. The van der Waals surface area contributed by atoms with Gasteiger partial charge in [0, 0.05) is 34.1 Å². The number of Topliss-reactive ketones (excluding diaryl/α,β-unsaturated/α-hetero) is 1. The van der Waals surface area contributed by atoms with Gasteiger partial charge in [0.15, 0.2) is 0 Å². The van der Waals surface area contributed by atoms with Crippen LogP contribution in [0.3, 0.4) is 0 Å². The van der Waals surface area contributed by atoms with Crippen LogP contribution in [0.5, 0.6) is 0 Å². The van der Waals surface area contributed by atoms with Gasteiger partial charge >= 0.3 is 6.03 Å². The van der Waals surface area contributed by atoms with Gasteiger partial charge in [-0.25, -0.2) is 4.79 Å². The normalized spacial score (nSPS) is 18.7. The van der Waals surface area contributed by atoms with E-state index in [1.54, 1.807) is 18.9 Å². The molecule has 0 spiro atoms. The monoisotopic (exact) mass is 761 g/mol. The van der Waals surface area contributed by atoms with E-state index in [0.29, 0.717) is 18.5 Å². The number of nitrogens with two attached hydrogens (primary N) is 1. The zero-order valence-corrected chi connectivity index (χ0v) is 36.5. The fourth-order valence-electron chi connectivity index (χ4n) is 4.97. The summed E-state index contributed by atoms with van der Waals surface area (Å²) in [6, 6.07) is 6.66. The Morgan fingerprint density at radius 3 is 1.72 bits per heavy atom. The summed E-state index contributed by atoms with van der Waals surface area (Å²) in [6.07, 6.45) is 5.71. The highest BCUT2D eigenvalue weighted by atomic mass is 16.2. The third kappa shape index (κ3) is 21.7. The minimum absolute atomic E-state index is 0.0254. The predicted octanol–water partition coefficient (Wildman–Crippen LogP) is 6.31. The molecule has 12 nitrogen and oxygen atoms in total. The number of primary amides is 1. The van der Waals surface area contributed by atoms with Gasteiger partial charge in [0.05, 0.1) is 6.04 Å². The predicted molar refractivity (Wildman–Crippen MR) is 219 cm³/mol. The van der Waals surface area contributed by atoms with Gasteiger partial charge in [0.1, 0.15) is 12.1 Å². The minimum Gasteiger partial charge on any atom is -0.363 e. The first-order valence-corrected chi connectivity index (χ1v) is 19.4. The van der Waals surface area contributed by atoms with Crippen molar-refractivity contribution in [2.75, 3.05) is 20.6 Å². The van der Waals surface area contributed by atoms with Crippen molar-refractivity contribution in [2.24, 2.45) is 34.3 Å². The highest BCUT2D eigenvalue weighted by Crippen LogP contribution is 2.32. The first kappa shape index (κ1) is 52.1. The summed E-state index contributed by atoms with van der Waals surface area (Å²) in [6.45, 7) is 28.5. The van der Waals surface area contributed by atoms with Crippen molar-refractivity contribution in [3.63, 3.8) is 0 Å². The highest BCUT2D eigenvalue weighted by Gasteiger charge is 2.47. The van der Waals surface area contributed by atoms with E-state index in [0.717, 1.165) is 11.5 Å². The van der Waals surface area contributed by atoms with Crippen LogP contribution in [-0.2, 0) is 30.5 Å². The maximum absolute atomic E-state index is 13.3. The van der Waals surface area contributed by atoms with Crippen LogP contribution in [0.2, 0.25) is 0 Å². The summed E-state index contributed by atoms with van der Waals surface area (Å²) in [5.41, 5.74) is 6.05. The standard InChI is InChI=1S/C19H33N5O5.C10H13NO.C5H10.C5H12.C3H8/c1-9-8-24(17(28)14(19(4,5)6)23-18(29)21-7)12(10(9)2)16(27)22-11(3)13(25)15(20)26;1-9(12)11(2)8-10-6-4-3-5-7-10;1-5-3-2-4-5;1-5(2,3)4;1-3-2/h9-12,14H,8H2,1-7H3,(H2,20,26)(H,22,27)(H2,21,23,29);3-7H,8H2,1-2H3;5H,2-4H2,1H3;1-4H3;3H2,1-2H3/t9-,10?,11?,12-,14?;;;;/m0..../s1. The lowest BCUT2D eigenvalue weighted by Gasteiger charge is -2.36. The molecule has 0 bridgehead atoms. The molecule has 6 amide bonds. The van der Waals surface area contributed by atoms with E-state index in [4.69, 9.17) is 5.73 Å². The van der Waals surface area contributed by atoms with Crippen LogP contribution in [0.25, 0.3) is 0 Å². The van der Waals surface area contributed by atoms with E-state index in [-0.39, 0.29) is 23.7 Å². The van der Waals surface area contributed by atoms with E-state index in [1.165, 1.54) is 44.6 Å². The van der Waals surface area contributed by atoms with E-state index in [2.05, 4.69) is 64.4 Å². The maximum Gasteiger partial charge on any atom is 0.315 e. The summed E-state index contributed by atoms with van der Waals surface area (Å²) < 4.78 is 0. The molecule has 0 radical (unpaired) electrons. The average molecular weight is 761 g/mol. The number of likely N-dealkylation sites (tertiary alicyclic amines) is 1. The van der Waals surface area contributed by atoms with Crippen LogP contribution in [0.4, 0.5) is 4.79 Å². The van der Waals surface area contributed by atoms with Crippen LogP contribution >= 0.6 is 0 Å². The molecule has 0 aromatic heterocycles. The molecule has 2 fully saturated rings. The minimum atomic E-state index is -1.14. The van der Waals surface area contributed by atoms with E-state index >= 15 is 0 Å². The number of rotatable bonds is 8. The molecule has 1 saturated heterocycles. The highest BCUT2D eigenvalue weighted by molar-refractivity contribution is 6.37. The number of nitrogens with zero attached hydrogens (tertiary/aromatic N) is 2. The number of nitrogens with one attached hydrogen (secondary N) is 3. The molecule has 1 aromatic carbocycles. The molecular weight excluding hydrogens is 684 g/mol. The van der Waals surface area contributed by atoms with Gasteiger partial charge in [-0.3, -0.25) is 24.0 Å². The van der Waals surface area contributed by atoms with Crippen molar-refractivity contribution in [3.8, 4) is 0 Å². The third-order valence-corrected chi connectivity index (χ3v) is 8.57. The van der Waals surface area contributed by atoms with Crippen molar-refractivity contribution in [2.45, 2.75) is 147 Å². The molecule has 5 atom stereocenters. The molecule has 5 N–H and O–H groups in total. The van der Waals surface area contributed by atoms with Crippen molar-refractivity contribution >= 4 is 35.4 Å². The van der Waals surface area contributed by atoms with Crippen LogP contribution in [0.15, 0.2) is 30.3 Å². The molecule has 1 heterocycles. The SMILES string of the molecule is CC(=O)N(C)Cc1ccccc1.CC(C)(C)C.CC1CCC1.CCC.CNC(=O)NC(C(=O)N1C[C@H](C)C(C)[C@H]1C(=O)NC(C)C(=O)C(N)=O)C(C)(C)C. The van der Waals surface area contributed by atoms with Gasteiger partial charge in [0.25, 0.3) is 5.91 Å². The molecular formula is C42H76N6O6. The van der Waals surface area contributed by atoms with Gasteiger partial charge in [-0.15, -0.1) is 0 Å². The number of carbonyl (C=O) groups is 6. The van der Waals surface area contributed by atoms with Gasteiger partial charge < -0.3 is 31.5 Å². The molecule has 1 aliphatic carbocycles. The second kappa shape index (κ2) is 25.2. The molecule has 1 aromatic rings. The lowest BCUT2D eigenvalue weighted by atomic mass is 9.85. The van der Waals surface area contributed by atoms with E-state index < -0.39 is 47.2 Å². The number of benzene rings is 1. The molecule has 1 saturated carbocycles. The number of hydrogen-bond acceptors (Lipinski definition) is 6. The van der Waals surface area contributed by atoms with Gasteiger partial charge in [0.2, 0.25) is 23.5 Å². The van der Waals surface area contributed by atoms with Crippen molar-refractivity contribution < 1.29 is 28.8 Å². The van der Waals surface area contributed by atoms with Crippen LogP contribution in [0, 0.1) is 28.6 Å². The van der Waals surface area contributed by atoms with Crippen LogP contribution in [-0.4, -0.2) is 84.0 Å². The zero-order valence-electron chi connectivity index (χ0n) is 36.5. The van der Waals surface area contributed by atoms with Gasteiger partial charge in [-0.05, 0) is 41.1 Å². The third-order valence-electron chi connectivity index (χ3n) is 8.57. The van der Waals surface area contributed by atoms with Gasteiger partial charge in [-0.2, -0.15) is 0 Å². The van der Waals surface area contributed by atoms with Crippen LogP contribution < -0.4 is 21.7 Å². The van der Waals surface area contributed by atoms with Crippen molar-refractivity contribution in [1.82, 2.24) is 25.8 Å². The van der Waals surface area contributed by atoms with Crippen molar-refractivity contribution in [3.05, 3.63) is 35.9 Å². The molecule has 1 aliphatic heterocycles.